The molecule has 0 unspecified atom stereocenters. The Hall–Kier alpha value is -2.37. The first-order valence-electron chi connectivity index (χ1n) is 7.29. The highest BCUT2D eigenvalue weighted by Crippen LogP contribution is 2.12. The van der Waals surface area contributed by atoms with Gasteiger partial charge < -0.3 is 10.4 Å². The Morgan fingerprint density at radius 3 is 2.33 bits per heavy atom. The molecule has 0 fully saturated rings. The quantitative estimate of drug-likeness (QED) is 0.600. The lowest BCUT2D eigenvalue weighted by molar-refractivity contribution is -0.140. The van der Waals surface area contributed by atoms with Crippen LogP contribution in [0.3, 0.4) is 0 Å². The van der Waals surface area contributed by atoms with E-state index in [2.05, 4.69) is 16.0 Å². The van der Waals surface area contributed by atoms with Crippen LogP contribution >= 0.6 is 0 Å². The van der Waals surface area contributed by atoms with Crippen molar-refractivity contribution in [2.45, 2.75) is 31.2 Å². The van der Waals surface area contributed by atoms with Gasteiger partial charge in [0.05, 0.1) is 11.4 Å². The molecule has 1 aromatic rings. The van der Waals surface area contributed by atoms with E-state index in [1.165, 1.54) is 24.3 Å². The lowest BCUT2D eigenvalue weighted by Crippen LogP contribution is -2.45. The molecule has 0 aliphatic rings. The number of carboxylic acids is 1. The molecule has 1 amide bonds. The second kappa shape index (κ2) is 8.47. The van der Waals surface area contributed by atoms with Crippen molar-refractivity contribution in [1.82, 2.24) is 10.0 Å². The molecule has 0 heterocycles. The number of nitrogens with one attached hydrogen (secondary N) is 2. The van der Waals surface area contributed by atoms with Gasteiger partial charge in [-0.2, -0.15) is 4.72 Å². The standard InChI is InChI=1S/C16H20N2O5S/c1-4-10-17-24(22,23)13-8-6-12(7-9-13)15(19)18-14(16(20)21)11(3)5-2/h1,6-9,11,14,17H,5,10H2,2-3H3,(H,18,19)(H,20,21)/t11-,14-/m0/s1. The molecule has 0 aliphatic carbocycles. The lowest BCUT2D eigenvalue weighted by Gasteiger charge is -2.20. The fourth-order valence-corrected chi connectivity index (χ4v) is 2.85. The van der Waals surface area contributed by atoms with Crippen LogP contribution in [-0.2, 0) is 14.8 Å². The third-order valence-corrected chi connectivity index (χ3v) is 4.97. The van der Waals surface area contributed by atoms with Crippen LogP contribution < -0.4 is 10.0 Å². The van der Waals surface area contributed by atoms with Crippen molar-refractivity contribution < 1.29 is 23.1 Å². The molecule has 130 valence electrons. The van der Waals surface area contributed by atoms with Crippen molar-refractivity contribution in [1.29, 1.82) is 0 Å². The summed E-state index contributed by atoms with van der Waals surface area (Å²) in [5.74, 6) is 0.229. The maximum absolute atomic E-state index is 12.1. The Morgan fingerprint density at radius 2 is 1.88 bits per heavy atom. The number of terminal acetylenes is 1. The summed E-state index contributed by atoms with van der Waals surface area (Å²) >= 11 is 0. The maximum atomic E-state index is 12.1. The molecule has 0 bridgehead atoms. The van der Waals surface area contributed by atoms with Gasteiger partial charge in [0.25, 0.3) is 5.91 Å². The maximum Gasteiger partial charge on any atom is 0.326 e. The summed E-state index contributed by atoms with van der Waals surface area (Å²) in [5.41, 5.74) is 0.167. The van der Waals surface area contributed by atoms with E-state index >= 15 is 0 Å². The van der Waals surface area contributed by atoms with E-state index in [0.29, 0.717) is 6.42 Å². The summed E-state index contributed by atoms with van der Waals surface area (Å²) in [6.45, 7) is 3.42. The van der Waals surface area contributed by atoms with Crippen LogP contribution in [-0.4, -0.2) is 38.0 Å². The van der Waals surface area contributed by atoms with Crippen molar-refractivity contribution in [3.63, 3.8) is 0 Å². The Morgan fingerprint density at radius 1 is 1.29 bits per heavy atom. The Labute approximate surface area is 141 Å². The number of carbonyl (C=O) groups is 2. The average molecular weight is 352 g/mol. The van der Waals surface area contributed by atoms with Gasteiger partial charge in [-0.25, -0.2) is 13.2 Å². The first-order valence-corrected chi connectivity index (χ1v) is 8.78. The van der Waals surface area contributed by atoms with Crippen molar-refractivity contribution in [2.24, 2.45) is 5.92 Å². The number of aliphatic carboxylic acids is 1. The van der Waals surface area contributed by atoms with Gasteiger partial charge in [-0.05, 0) is 30.2 Å². The van der Waals surface area contributed by atoms with E-state index < -0.39 is 27.9 Å². The molecule has 0 saturated heterocycles. The van der Waals surface area contributed by atoms with Crippen molar-refractivity contribution >= 4 is 21.9 Å². The fourth-order valence-electron chi connectivity index (χ4n) is 1.91. The number of amides is 1. The summed E-state index contributed by atoms with van der Waals surface area (Å²) in [4.78, 5) is 23.3. The molecular formula is C16H20N2O5S. The summed E-state index contributed by atoms with van der Waals surface area (Å²) in [6.07, 6.45) is 5.60. The van der Waals surface area contributed by atoms with Gasteiger partial charge in [-0.15, -0.1) is 6.42 Å². The van der Waals surface area contributed by atoms with Gasteiger partial charge in [0.15, 0.2) is 0 Å². The molecule has 7 nitrogen and oxygen atoms in total. The van der Waals surface area contributed by atoms with Crippen LogP contribution in [0.5, 0.6) is 0 Å². The number of hydrogen-bond donors (Lipinski definition) is 3. The molecule has 0 radical (unpaired) electrons. The van der Waals surface area contributed by atoms with Crippen molar-refractivity contribution in [3.05, 3.63) is 29.8 Å². The van der Waals surface area contributed by atoms with E-state index in [9.17, 15) is 23.1 Å². The summed E-state index contributed by atoms with van der Waals surface area (Å²) in [6, 6.07) is 4.13. The molecule has 1 aromatic carbocycles. The average Bonchev–Trinajstić information content (AvgIpc) is 2.56. The Bertz CT molecular complexity index is 735. The van der Waals surface area contributed by atoms with E-state index in [-0.39, 0.29) is 22.9 Å². The number of hydrogen-bond acceptors (Lipinski definition) is 4. The molecule has 0 aliphatic heterocycles. The van der Waals surface area contributed by atoms with Gasteiger partial charge >= 0.3 is 5.97 Å². The van der Waals surface area contributed by atoms with Gasteiger partial charge in [0.1, 0.15) is 6.04 Å². The van der Waals surface area contributed by atoms with Gasteiger partial charge in [-0.3, -0.25) is 4.79 Å². The lowest BCUT2D eigenvalue weighted by atomic mass is 9.99. The molecular weight excluding hydrogens is 332 g/mol. The minimum Gasteiger partial charge on any atom is -0.480 e. The molecule has 1 rings (SSSR count). The van der Waals surface area contributed by atoms with E-state index in [1.54, 1.807) is 6.92 Å². The summed E-state index contributed by atoms with van der Waals surface area (Å²) < 4.78 is 26.0. The Kier molecular flexibility index (Phi) is 6.95. The molecule has 8 heteroatoms. The third-order valence-electron chi connectivity index (χ3n) is 3.56. The monoisotopic (exact) mass is 352 g/mol. The first-order chi connectivity index (χ1) is 11.2. The summed E-state index contributed by atoms with van der Waals surface area (Å²) in [7, 11) is -3.74. The molecule has 24 heavy (non-hydrogen) atoms. The predicted octanol–water partition coefficient (Wildman–Crippen LogP) is 0.827. The van der Waals surface area contributed by atoms with Crippen LogP contribution in [0.1, 0.15) is 30.6 Å². The number of carboxylic acid groups (broad SMARTS) is 1. The highest BCUT2D eigenvalue weighted by molar-refractivity contribution is 7.89. The summed E-state index contributed by atoms with van der Waals surface area (Å²) in [5, 5.41) is 11.6. The van der Waals surface area contributed by atoms with E-state index in [1.807, 2.05) is 6.92 Å². The third kappa shape index (κ3) is 5.08. The second-order valence-electron chi connectivity index (χ2n) is 5.23. The molecule has 2 atom stereocenters. The van der Waals surface area contributed by atoms with Crippen LogP contribution in [0.4, 0.5) is 0 Å². The van der Waals surface area contributed by atoms with E-state index in [0.717, 1.165) is 0 Å². The smallest absolute Gasteiger partial charge is 0.326 e. The molecule has 0 aromatic heterocycles. The first kappa shape index (κ1) is 19.7. The zero-order valence-electron chi connectivity index (χ0n) is 13.4. The fraction of sp³-hybridized carbons (Fsp3) is 0.375. The van der Waals surface area contributed by atoms with Gasteiger partial charge in [0, 0.05) is 5.56 Å². The normalized spacial score (nSPS) is 13.5. The zero-order chi connectivity index (χ0) is 18.3. The molecule has 0 saturated carbocycles. The van der Waals surface area contributed by atoms with Crippen LogP contribution in [0.15, 0.2) is 29.2 Å². The number of carbonyl (C=O) groups excluding carboxylic acids is 1. The SMILES string of the molecule is C#CCNS(=O)(=O)c1ccc(C(=O)N[C@H](C(=O)O)[C@@H](C)CC)cc1. The highest BCUT2D eigenvalue weighted by Gasteiger charge is 2.25. The van der Waals surface area contributed by atoms with Crippen LogP contribution in [0, 0.1) is 18.3 Å². The topological polar surface area (TPSA) is 113 Å². The minimum absolute atomic E-state index is 0.0361. The Balaban J connectivity index is 2.91. The van der Waals surface area contributed by atoms with Crippen molar-refractivity contribution in [2.75, 3.05) is 6.54 Å². The molecule has 3 N–H and O–H groups in total. The number of rotatable bonds is 8. The van der Waals surface area contributed by atoms with Gasteiger partial charge in [-0.1, -0.05) is 26.2 Å². The van der Waals surface area contributed by atoms with E-state index in [4.69, 9.17) is 6.42 Å². The van der Waals surface area contributed by atoms with Crippen LogP contribution in [0.25, 0.3) is 0 Å². The number of benzene rings is 1. The minimum atomic E-state index is -3.74. The largest absolute Gasteiger partial charge is 0.480 e. The zero-order valence-corrected chi connectivity index (χ0v) is 14.3. The van der Waals surface area contributed by atoms with Gasteiger partial charge in [0.2, 0.25) is 10.0 Å². The highest BCUT2D eigenvalue weighted by atomic mass is 32.2. The second-order valence-corrected chi connectivity index (χ2v) is 6.99. The number of sulfonamides is 1. The van der Waals surface area contributed by atoms with Crippen LogP contribution in [0.2, 0.25) is 0 Å². The predicted molar refractivity (Wildman–Crippen MR) is 88.8 cm³/mol. The molecule has 0 spiro atoms. The van der Waals surface area contributed by atoms with Crippen molar-refractivity contribution in [3.8, 4) is 12.3 Å².